The van der Waals surface area contributed by atoms with Gasteiger partial charge in [0, 0.05) is 43.4 Å². The summed E-state index contributed by atoms with van der Waals surface area (Å²) in [7, 11) is 0. The van der Waals surface area contributed by atoms with Gasteiger partial charge >= 0.3 is 0 Å². The maximum Gasteiger partial charge on any atom is 0.272 e. The molecule has 4 rings (SSSR count). The van der Waals surface area contributed by atoms with Gasteiger partial charge in [0.2, 0.25) is 0 Å². The number of likely N-dealkylation sites (tertiary alicyclic amines) is 1. The molecule has 0 saturated carbocycles. The minimum Gasteiger partial charge on any atom is -0.310 e. The highest BCUT2D eigenvalue weighted by Gasteiger charge is 2.19. The van der Waals surface area contributed by atoms with Gasteiger partial charge < -0.3 is 14.8 Å². The van der Waals surface area contributed by atoms with Crippen LogP contribution >= 0.6 is 0 Å². The number of nitro benzene ring substituents is 1. The predicted octanol–water partition coefficient (Wildman–Crippen LogP) is 3.34. The Hall–Kier alpha value is -3.54. The van der Waals surface area contributed by atoms with Gasteiger partial charge in [0.05, 0.1) is 22.1 Å². The first kappa shape index (κ1) is 22.6. The number of piperidine rings is 1. The second-order valence-corrected chi connectivity index (χ2v) is 8.58. The number of nitrogens with zero attached hydrogens (tertiary/aromatic N) is 4. The Morgan fingerprint density at radius 1 is 1.12 bits per heavy atom. The minimum absolute atomic E-state index is 0.0543. The molecule has 170 valence electrons. The zero-order valence-electron chi connectivity index (χ0n) is 18.7. The lowest BCUT2D eigenvalue weighted by Crippen LogP contribution is -2.43. The van der Waals surface area contributed by atoms with E-state index in [-0.39, 0.29) is 16.2 Å². The van der Waals surface area contributed by atoms with Crippen molar-refractivity contribution < 1.29 is 4.92 Å². The van der Waals surface area contributed by atoms with E-state index in [1.165, 1.54) is 0 Å². The first-order valence-corrected chi connectivity index (χ1v) is 11.2. The SMILES string of the molecule is Cc1ccc(CNC2CCN(CCn3c(=O)ccc4ccc(C#N)cc43)CC2)cc1[N+](=O)[O-]. The standard InChI is InChI=1S/C25H27N5O3/c1-18-2-3-20(15-23(18)30(32)33)17-27-22-8-10-28(11-9-22)12-13-29-24-14-19(16-26)4-5-21(24)6-7-25(29)31/h2-7,14-15,22,27H,8-13,17H2,1H3. The fourth-order valence-corrected chi connectivity index (χ4v) is 4.41. The number of nitrogens with one attached hydrogen (secondary N) is 1. The number of fused-ring (bicyclic) bond motifs is 1. The third-order valence-corrected chi connectivity index (χ3v) is 6.41. The van der Waals surface area contributed by atoms with Crippen molar-refractivity contribution in [2.45, 2.75) is 38.9 Å². The lowest BCUT2D eigenvalue weighted by molar-refractivity contribution is -0.385. The van der Waals surface area contributed by atoms with Crippen LogP contribution in [-0.2, 0) is 13.1 Å². The number of aromatic nitrogens is 1. The molecule has 8 heteroatoms. The Kier molecular flexibility index (Phi) is 6.82. The second kappa shape index (κ2) is 9.94. The van der Waals surface area contributed by atoms with Crippen molar-refractivity contribution in [3.05, 3.63) is 85.7 Å². The van der Waals surface area contributed by atoms with Gasteiger partial charge in [-0.1, -0.05) is 18.2 Å². The van der Waals surface area contributed by atoms with Crippen LogP contribution in [0.4, 0.5) is 5.69 Å². The van der Waals surface area contributed by atoms with Crippen molar-refractivity contribution in [3.63, 3.8) is 0 Å². The maximum atomic E-state index is 12.5. The summed E-state index contributed by atoms with van der Waals surface area (Å²) in [6, 6.07) is 16.7. The number of rotatable bonds is 7. The summed E-state index contributed by atoms with van der Waals surface area (Å²) in [6.45, 7) is 5.56. The van der Waals surface area contributed by atoms with Gasteiger partial charge in [-0.25, -0.2) is 0 Å². The smallest absolute Gasteiger partial charge is 0.272 e. The lowest BCUT2D eigenvalue weighted by Gasteiger charge is -2.32. The van der Waals surface area contributed by atoms with Crippen LogP contribution in [0.25, 0.3) is 10.9 Å². The molecule has 2 aromatic carbocycles. The average Bonchev–Trinajstić information content (AvgIpc) is 2.83. The van der Waals surface area contributed by atoms with Crippen LogP contribution in [-0.4, -0.2) is 40.1 Å². The molecule has 0 bridgehead atoms. The summed E-state index contributed by atoms with van der Waals surface area (Å²) in [5, 5.41) is 24.8. The molecule has 1 aliphatic heterocycles. The quantitative estimate of drug-likeness (QED) is 0.442. The summed E-state index contributed by atoms with van der Waals surface area (Å²) in [5.41, 5.74) is 3.04. The van der Waals surface area contributed by atoms with Crippen molar-refractivity contribution in [1.29, 1.82) is 5.26 Å². The molecule has 33 heavy (non-hydrogen) atoms. The number of benzene rings is 2. The second-order valence-electron chi connectivity index (χ2n) is 8.58. The fourth-order valence-electron chi connectivity index (χ4n) is 4.41. The normalized spacial score (nSPS) is 14.9. The number of hydrogen-bond donors (Lipinski definition) is 1. The van der Waals surface area contributed by atoms with Crippen molar-refractivity contribution in [3.8, 4) is 6.07 Å². The van der Waals surface area contributed by atoms with E-state index < -0.39 is 0 Å². The van der Waals surface area contributed by atoms with E-state index in [4.69, 9.17) is 0 Å². The zero-order valence-corrected chi connectivity index (χ0v) is 18.7. The van der Waals surface area contributed by atoms with Crippen LogP contribution in [0.3, 0.4) is 0 Å². The molecule has 3 aromatic rings. The van der Waals surface area contributed by atoms with Gasteiger partial charge in [-0.3, -0.25) is 14.9 Å². The van der Waals surface area contributed by atoms with E-state index in [0.717, 1.165) is 48.9 Å². The van der Waals surface area contributed by atoms with E-state index in [1.807, 2.05) is 12.1 Å². The van der Waals surface area contributed by atoms with Crippen LogP contribution in [0.1, 0.15) is 29.5 Å². The largest absolute Gasteiger partial charge is 0.310 e. The van der Waals surface area contributed by atoms with Gasteiger partial charge in [0.25, 0.3) is 11.2 Å². The molecule has 1 aromatic heterocycles. The topological polar surface area (TPSA) is 104 Å². The molecule has 0 atom stereocenters. The zero-order chi connectivity index (χ0) is 23.4. The highest BCUT2D eigenvalue weighted by molar-refractivity contribution is 5.80. The Morgan fingerprint density at radius 3 is 2.61 bits per heavy atom. The van der Waals surface area contributed by atoms with Crippen LogP contribution in [0.15, 0.2) is 53.3 Å². The molecular formula is C25H27N5O3. The lowest BCUT2D eigenvalue weighted by atomic mass is 10.0. The van der Waals surface area contributed by atoms with Crippen LogP contribution in [0.2, 0.25) is 0 Å². The Bertz CT molecular complexity index is 1270. The van der Waals surface area contributed by atoms with Crippen molar-refractivity contribution in [2.24, 2.45) is 0 Å². The van der Waals surface area contributed by atoms with E-state index in [2.05, 4.69) is 16.3 Å². The van der Waals surface area contributed by atoms with Gasteiger partial charge in [-0.05, 0) is 62.0 Å². The van der Waals surface area contributed by atoms with Crippen molar-refractivity contribution in [1.82, 2.24) is 14.8 Å². The summed E-state index contributed by atoms with van der Waals surface area (Å²) in [4.78, 5) is 25.6. The molecule has 1 saturated heterocycles. The van der Waals surface area contributed by atoms with E-state index in [1.54, 1.807) is 47.9 Å². The van der Waals surface area contributed by atoms with Gasteiger partial charge in [0.1, 0.15) is 0 Å². The van der Waals surface area contributed by atoms with Crippen LogP contribution < -0.4 is 10.9 Å². The molecule has 1 fully saturated rings. The molecule has 0 amide bonds. The van der Waals surface area contributed by atoms with E-state index in [9.17, 15) is 20.2 Å². The molecule has 1 aliphatic rings. The molecule has 0 radical (unpaired) electrons. The van der Waals surface area contributed by atoms with Gasteiger partial charge in [-0.2, -0.15) is 5.26 Å². The Morgan fingerprint density at radius 2 is 1.88 bits per heavy atom. The van der Waals surface area contributed by atoms with Crippen molar-refractivity contribution in [2.75, 3.05) is 19.6 Å². The summed E-state index contributed by atoms with van der Waals surface area (Å²) in [6.07, 6.45) is 1.97. The van der Waals surface area contributed by atoms with Crippen LogP contribution in [0, 0.1) is 28.4 Å². The highest BCUT2D eigenvalue weighted by Crippen LogP contribution is 2.20. The summed E-state index contributed by atoms with van der Waals surface area (Å²) < 4.78 is 1.75. The summed E-state index contributed by atoms with van der Waals surface area (Å²) in [5.74, 6) is 0. The third-order valence-electron chi connectivity index (χ3n) is 6.41. The monoisotopic (exact) mass is 445 g/mol. The molecule has 0 aliphatic carbocycles. The number of aryl methyl sites for hydroxylation is 1. The number of nitriles is 1. The number of pyridine rings is 1. The first-order chi connectivity index (χ1) is 15.9. The number of hydrogen-bond acceptors (Lipinski definition) is 6. The Labute approximate surface area is 192 Å². The van der Waals surface area contributed by atoms with Gasteiger partial charge in [0.15, 0.2) is 0 Å². The molecule has 8 nitrogen and oxygen atoms in total. The van der Waals surface area contributed by atoms with Gasteiger partial charge in [-0.15, -0.1) is 0 Å². The van der Waals surface area contributed by atoms with E-state index in [0.29, 0.717) is 30.3 Å². The maximum absolute atomic E-state index is 12.5. The number of nitro groups is 1. The molecule has 2 heterocycles. The van der Waals surface area contributed by atoms with Crippen molar-refractivity contribution >= 4 is 16.6 Å². The molecular weight excluding hydrogens is 418 g/mol. The highest BCUT2D eigenvalue weighted by atomic mass is 16.6. The third kappa shape index (κ3) is 5.28. The molecule has 1 N–H and O–H groups in total. The first-order valence-electron chi connectivity index (χ1n) is 11.2. The summed E-state index contributed by atoms with van der Waals surface area (Å²) >= 11 is 0. The molecule has 0 unspecified atom stereocenters. The average molecular weight is 446 g/mol. The predicted molar refractivity (Wildman–Crippen MR) is 127 cm³/mol. The van der Waals surface area contributed by atoms with E-state index >= 15 is 0 Å². The minimum atomic E-state index is -0.334. The van der Waals surface area contributed by atoms with Crippen LogP contribution in [0.5, 0.6) is 0 Å². The Balaban J connectivity index is 1.31. The fraction of sp³-hybridized carbons (Fsp3) is 0.360. The molecule has 0 spiro atoms.